The molecule has 2 N–H and O–H groups in total. The summed E-state index contributed by atoms with van der Waals surface area (Å²) in [5.41, 5.74) is -1.19. The number of halogens is 5. The van der Waals surface area contributed by atoms with Crippen molar-refractivity contribution >= 4 is 51.5 Å². The Kier molecular flexibility index (Phi) is 10.3. The lowest BCUT2D eigenvalue weighted by atomic mass is 9.95. The summed E-state index contributed by atoms with van der Waals surface area (Å²) in [5, 5.41) is 4.63. The highest BCUT2D eigenvalue weighted by molar-refractivity contribution is 7.86. The Morgan fingerprint density at radius 3 is 2.26 bits per heavy atom. The van der Waals surface area contributed by atoms with Crippen LogP contribution in [0.5, 0.6) is 0 Å². The Morgan fingerprint density at radius 1 is 0.974 bits per heavy atom. The second kappa shape index (κ2) is 13.2. The van der Waals surface area contributed by atoms with Gasteiger partial charge in [-0.2, -0.15) is 13.2 Å². The maximum atomic E-state index is 13.4. The van der Waals surface area contributed by atoms with Crippen molar-refractivity contribution in [1.29, 1.82) is 0 Å². The lowest BCUT2D eigenvalue weighted by Crippen LogP contribution is -2.46. The van der Waals surface area contributed by atoms with Crippen molar-refractivity contribution in [3.05, 3.63) is 58.9 Å². The highest BCUT2D eigenvalue weighted by atomic mass is 35.5. The minimum absolute atomic E-state index is 0.103. The first kappa shape index (κ1) is 29.6. The van der Waals surface area contributed by atoms with Crippen LogP contribution in [-0.2, 0) is 31.4 Å². The van der Waals surface area contributed by atoms with E-state index in [1.165, 1.54) is 12.1 Å². The molecule has 13 heteroatoms. The molecule has 1 aliphatic carbocycles. The van der Waals surface area contributed by atoms with E-state index in [1.54, 1.807) is 0 Å². The summed E-state index contributed by atoms with van der Waals surface area (Å²) in [5.74, 6) is -4.03. The summed E-state index contributed by atoms with van der Waals surface area (Å²) in [7, 11) is -2.06. The minimum atomic E-state index is -4.81. The summed E-state index contributed by atoms with van der Waals surface area (Å²) in [6.07, 6.45) is -0.397. The number of nitrogens with zero attached hydrogens (tertiary/aromatic N) is 1. The molecule has 0 bridgehead atoms. The number of hydrogen-bond acceptors (Lipinski definition) is 4. The Balaban J connectivity index is 1.73. The van der Waals surface area contributed by atoms with E-state index in [1.807, 2.05) is 0 Å². The van der Waals surface area contributed by atoms with Crippen molar-refractivity contribution < 1.29 is 36.2 Å². The van der Waals surface area contributed by atoms with Gasteiger partial charge in [0.2, 0.25) is 17.7 Å². The van der Waals surface area contributed by atoms with Crippen molar-refractivity contribution in [2.45, 2.75) is 44.3 Å². The monoisotopic (exact) mass is 575 g/mol. The highest BCUT2D eigenvalue weighted by Gasteiger charge is 2.34. The van der Waals surface area contributed by atoms with E-state index in [0.717, 1.165) is 61.3 Å². The predicted molar refractivity (Wildman–Crippen MR) is 137 cm³/mol. The highest BCUT2D eigenvalue weighted by Crippen LogP contribution is 2.37. The molecule has 3 rings (SSSR count). The summed E-state index contributed by atoms with van der Waals surface area (Å²) in [6.45, 7) is -0.604. The molecule has 7 nitrogen and oxygen atoms in total. The van der Waals surface area contributed by atoms with E-state index < -0.39 is 69.2 Å². The number of benzene rings is 2. The van der Waals surface area contributed by atoms with Crippen molar-refractivity contribution in [2.75, 3.05) is 28.3 Å². The Hall–Kier alpha value is -2.99. The molecule has 1 saturated carbocycles. The minimum Gasteiger partial charge on any atom is -0.352 e. The second-order valence-corrected chi connectivity index (χ2v) is 10.7. The van der Waals surface area contributed by atoms with Crippen LogP contribution in [0.2, 0.25) is 5.02 Å². The zero-order valence-corrected chi connectivity index (χ0v) is 21.7. The van der Waals surface area contributed by atoms with Crippen LogP contribution in [-0.4, -0.2) is 46.0 Å². The molecule has 0 heterocycles. The van der Waals surface area contributed by atoms with E-state index in [9.17, 15) is 36.2 Å². The van der Waals surface area contributed by atoms with Gasteiger partial charge in [0.1, 0.15) is 23.9 Å². The van der Waals surface area contributed by atoms with E-state index in [4.69, 9.17) is 11.6 Å². The number of carbonyl (C=O) groups is 3. The number of rotatable bonds is 9. The van der Waals surface area contributed by atoms with Crippen molar-refractivity contribution in [2.24, 2.45) is 0 Å². The van der Waals surface area contributed by atoms with Gasteiger partial charge in [0.15, 0.2) is 0 Å². The molecule has 0 aromatic heterocycles. The fourth-order valence-electron chi connectivity index (χ4n) is 4.03. The lowest BCUT2D eigenvalue weighted by Gasteiger charge is -2.27. The van der Waals surface area contributed by atoms with E-state index in [2.05, 4.69) is 10.6 Å². The molecule has 0 aliphatic heterocycles. The first-order valence-electron chi connectivity index (χ1n) is 11.8. The molecule has 1 atom stereocenters. The molecule has 0 saturated heterocycles. The van der Waals surface area contributed by atoms with Crippen LogP contribution >= 0.6 is 11.6 Å². The molecule has 0 spiro atoms. The van der Waals surface area contributed by atoms with E-state index >= 15 is 0 Å². The first-order valence-corrected chi connectivity index (χ1v) is 13.7. The molecule has 0 unspecified atom stereocenters. The summed E-state index contributed by atoms with van der Waals surface area (Å²) < 4.78 is 65.9. The van der Waals surface area contributed by atoms with Gasteiger partial charge in [0.05, 0.1) is 10.6 Å². The Bertz CT molecular complexity index is 1190. The molecule has 2 aromatic carbocycles. The van der Waals surface area contributed by atoms with Gasteiger partial charge in [-0.1, -0.05) is 30.9 Å². The van der Waals surface area contributed by atoms with Crippen molar-refractivity contribution in [1.82, 2.24) is 5.32 Å². The van der Waals surface area contributed by atoms with Gasteiger partial charge in [0.25, 0.3) is 0 Å². The fourth-order valence-corrected chi connectivity index (χ4v) is 5.15. The number of carbonyl (C=O) groups excluding carboxylic acids is 3. The smallest absolute Gasteiger partial charge is 0.352 e. The average Bonchev–Trinajstić information content (AvgIpc) is 2.84. The maximum Gasteiger partial charge on any atom is 0.417 e. The maximum absolute atomic E-state index is 13.4. The molecule has 206 valence electrons. The van der Waals surface area contributed by atoms with Gasteiger partial charge >= 0.3 is 6.18 Å². The predicted octanol–water partition coefficient (Wildman–Crippen LogP) is 4.67. The number of alkyl halides is 3. The number of anilines is 2. The largest absolute Gasteiger partial charge is 0.417 e. The summed E-state index contributed by atoms with van der Waals surface area (Å²) in [4.78, 5) is 38.8. The third-order valence-corrected chi connectivity index (χ3v) is 7.33. The Morgan fingerprint density at radius 2 is 1.63 bits per heavy atom. The average molecular weight is 576 g/mol. The van der Waals surface area contributed by atoms with Gasteiger partial charge in [0, 0.05) is 28.2 Å². The number of amides is 3. The zero-order chi connectivity index (χ0) is 27.9. The van der Waals surface area contributed by atoms with Gasteiger partial charge in [-0.05, 0) is 55.3 Å². The lowest BCUT2D eigenvalue weighted by molar-refractivity contribution is -0.137. The van der Waals surface area contributed by atoms with Crippen LogP contribution in [0.1, 0.15) is 37.7 Å². The molecule has 2 aromatic rings. The van der Waals surface area contributed by atoms with Gasteiger partial charge in [-0.3, -0.25) is 18.6 Å². The molecule has 0 radical (unpaired) electrons. The van der Waals surface area contributed by atoms with Crippen molar-refractivity contribution in [3.8, 4) is 0 Å². The molecule has 3 amide bonds. The Labute approximate surface area is 224 Å². The first-order chi connectivity index (χ1) is 17.9. The normalized spacial score (nSPS) is 15.0. The number of hydrogen-bond donors (Lipinski definition) is 2. The van der Waals surface area contributed by atoms with Crippen LogP contribution in [0.15, 0.2) is 42.5 Å². The molecule has 38 heavy (non-hydrogen) atoms. The van der Waals surface area contributed by atoms with Crippen LogP contribution in [0.4, 0.5) is 28.9 Å². The van der Waals surface area contributed by atoms with Gasteiger partial charge < -0.3 is 15.5 Å². The van der Waals surface area contributed by atoms with Crippen LogP contribution < -0.4 is 15.5 Å². The third kappa shape index (κ3) is 8.80. The summed E-state index contributed by atoms with van der Waals surface area (Å²) >= 11 is 5.70. The van der Waals surface area contributed by atoms with Crippen LogP contribution in [0.25, 0.3) is 0 Å². The molecular weight excluding hydrogens is 550 g/mol. The van der Waals surface area contributed by atoms with E-state index in [0.29, 0.717) is 6.07 Å². The molecule has 1 aliphatic rings. The second-order valence-electron chi connectivity index (χ2n) is 8.83. The quantitative estimate of drug-likeness (QED) is 0.425. The molecular formula is C25H26ClF4N3O4S. The van der Waals surface area contributed by atoms with Crippen LogP contribution in [0.3, 0.4) is 0 Å². The standard InChI is InChI=1S/C25H26ClF4N3O4S/c26-21-11-10-19(12-20(21)25(28,29)30)33(13-22(34)31-17-4-2-1-3-5-17)24(36)15-38(37)14-23(35)32-18-8-6-16(27)7-9-18/h6-12,17H,1-5,13-15H2,(H,31,34)(H,32,35)/t38-/m1/s1. The topological polar surface area (TPSA) is 95.6 Å². The zero-order valence-electron chi connectivity index (χ0n) is 20.2. The van der Waals surface area contributed by atoms with E-state index in [-0.39, 0.29) is 17.4 Å². The fraction of sp³-hybridized carbons (Fsp3) is 0.400. The van der Waals surface area contributed by atoms with Crippen LogP contribution in [0, 0.1) is 5.82 Å². The van der Waals surface area contributed by atoms with Gasteiger partial charge in [-0.25, -0.2) is 4.39 Å². The van der Waals surface area contributed by atoms with Crippen molar-refractivity contribution in [3.63, 3.8) is 0 Å². The van der Waals surface area contributed by atoms with Gasteiger partial charge in [-0.15, -0.1) is 0 Å². The third-order valence-electron chi connectivity index (χ3n) is 5.84. The SMILES string of the molecule is O=C(C[S@@](=O)CC(=O)N(CC(=O)NC1CCCCC1)c1ccc(Cl)c(C(F)(F)F)c1)Nc1ccc(F)cc1. The molecule has 1 fully saturated rings. The number of nitrogens with one attached hydrogen (secondary N) is 2. The summed E-state index contributed by atoms with van der Waals surface area (Å²) in [6, 6.07) is 7.51.